The molecule has 0 amide bonds. The third-order valence-electron chi connectivity index (χ3n) is 2.73. The van der Waals surface area contributed by atoms with E-state index in [0.717, 1.165) is 5.75 Å². The van der Waals surface area contributed by atoms with Gasteiger partial charge in [-0.2, -0.15) is 0 Å². The number of hydrogen-bond donors (Lipinski definition) is 1. The summed E-state index contributed by atoms with van der Waals surface area (Å²) in [5.74, 6) is 0.796. The zero-order valence-electron chi connectivity index (χ0n) is 10.9. The van der Waals surface area contributed by atoms with Gasteiger partial charge in [0.05, 0.1) is 14.2 Å². The van der Waals surface area contributed by atoms with Gasteiger partial charge in [-0.15, -0.1) is 6.58 Å². The number of hydrogen-bond acceptors (Lipinski definition) is 2. The Labute approximate surface area is 105 Å². The summed E-state index contributed by atoms with van der Waals surface area (Å²) in [6, 6.07) is 9.56. The van der Waals surface area contributed by atoms with Gasteiger partial charge in [0.25, 0.3) is 0 Å². The average Bonchev–Trinajstić information content (AvgIpc) is 2.26. The molecular weight excluding hydrogens is 228 g/mol. The lowest BCUT2D eigenvalue weighted by Crippen LogP contribution is -2.28. The second-order valence-corrected chi connectivity index (χ2v) is 10.5. The van der Waals surface area contributed by atoms with Crippen LogP contribution >= 0.6 is 0 Å². The number of benzene rings is 1. The minimum absolute atomic E-state index is 0.327. The van der Waals surface area contributed by atoms with E-state index in [4.69, 9.17) is 4.74 Å². The first-order valence-electron chi connectivity index (χ1n) is 5.94. The fourth-order valence-corrected chi connectivity index (χ4v) is 2.21. The first-order valence-corrected chi connectivity index (χ1v) is 9.44. The molecule has 0 unspecified atom stereocenters. The lowest BCUT2D eigenvalue weighted by atomic mass is 10.2. The van der Waals surface area contributed by atoms with E-state index in [0.29, 0.717) is 13.0 Å². The third kappa shape index (κ3) is 5.19. The van der Waals surface area contributed by atoms with E-state index < -0.39 is 14.2 Å². The van der Waals surface area contributed by atoms with Gasteiger partial charge in [0.1, 0.15) is 12.4 Å². The molecule has 0 bridgehead atoms. The number of rotatable bonds is 6. The van der Waals surface area contributed by atoms with Crippen LogP contribution in [0.3, 0.4) is 0 Å². The Morgan fingerprint density at radius 1 is 1.29 bits per heavy atom. The van der Waals surface area contributed by atoms with E-state index in [1.165, 1.54) is 5.20 Å². The molecule has 0 spiro atoms. The molecule has 1 atom stereocenters. The topological polar surface area (TPSA) is 29.5 Å². The molecule has 0 aromatic heterocycles. The summed E-state index contributed by atoms with van der Waals surface area (Å²) in [6.45, 7) is 11.1. The Balaban J connectivity index is 2.36. The lowest BCUT2D eigenvalue weighted by Gasteiger charge is -2.22. The van der Waals surface area contributed by atoms with Crippen molar-refractivity contribution in [2.75, 3.05) is 6.61 Å². The first kappa shape index (κ1) is 14.0. The smallest absolute Gasteiger partial charge is 0.119 e. The van der Waals surface area contributed by atoms with E-state index in [1.807, 2.05) is 30.3 Å². The van der Waals surface area contributed by atoms with Crippen LogP contribution in [0.25, 0.3) is 0 Å². The molecule has 0 heterocycles. The Bertz CT molecular complexity index is 354. The standard InChI is InChI=1S/C14H22O2Si/c1-12(17(2,3)4)10-13(15)11-16-14-8-6-5-7-9-14/h5-9,13,15H,1,10-11H2,2-4H3/t13-/m0/s1. The van der Waals surface area contributed by atoms with Gasteiger partial charge in [0.15, 0.2) is 0 Å². The summed E-state index contributed by atoms with van der Waals surface area (Å²) in [4.78, 5) is 0. The highest BCUT2D eigenvalue weighted by Gasteiger charge is 2.20. The molecule has 1 aromatic carbocycles. The van der Waals surface area contributed by atoms with Gasteiger partial charge in [-0.05, 0) is 18.6 Å². The molecule has 0 fully saturated rings. The van der Waals surface area contributed by atoms with E-state index in [1.54, 1.807) is 0 Å². The molecule has 0 radical (unpaired) electrons. The maximum Gasteiger partial charge on any atom is 0.119 e. The molecule has 1 aromatic rings. The second kappa shape index (κ2) is 6.03. The summed E-state index contributed by atoms with van der Waals surface area (Å²) in [5.41, 5.74) is 0. The Kier molecular flexibility index (Phi) is 4.96. The molecule has 0 aliphatic carbocycles. The van der Waals surface area contributed by atoms with Gasteiger partial charge in [-0.1, -0.05) is 43.0 Å². The van der Waals surface area contributed by atoms with Crippen molar-refractivity contribution in [3.05, 3.63) is 42.1 Å². The highest BCUT2D eigenvalue weighted by Crippen LogP contribution is 2.18. The third-order valence-corrected chi connectivity index (χ3v) is 5.05. The van der Waals surface area contributed by atoms with E-state index in [9.17, 15) is 5.11 Å². The molecule has 0 aliphatic rings. The Morgan fingerprint density at radius 2 is 1.88 bits per heavy atom. The van der Waals surface area contributed by atoms with Crippen molar-refractivity contribution in [2.45, 2.75) is 32.2 Å². The molecular formula is C14H22O2Si. The average molecular weight is 250 g/mol. The van der Waals surface area contributed by atoms with Crippen LogP contribution in [0.5, 0.6) is 5.75 Å². The SMILES string of the molecule is C=C(C[C@H](O)COc1ccccc1)[Si](C)(C)C. The van der Waals surface area contributed by atoms with Crippen molar-refractivity contribution in [3.63, 3.8) is 0 Å². The summed E-state index contributed by atoms with van der Waals surface area (Å²) in [5, 5.41) is 11.1. The summed E-state index contributed by atoms with van der Waals surface area (Å²) in [7, 11) is -1.34. The Morgan fingerprint density at radius 3 is 2.41 bits per heavy atom. The van der Waals surface area contributed by atoms with Crippen LogP contribution < -0.4 is 4.74 Å². The minimum Gasteiger partial charge on any atom is -0.491 e. The van der Waals surface area contributed by atoms with Crippen LogP contribution in [0.15, 0.2) is 42.1 Å². The highest BCUT2D eigenvalue weighted by atomic mass is 28.3. The van der Waals surface area contributed by atoms with Crippen LogP contribution in [-0.4, -0.2) is 25.9 Å². The molecule has 0 aliphatic heterocycles. The number of aliphatic hydroxyl groups excluding tert-OH is 1. The Hall–Kier alpha value is -1.06. The van der Waals surface area contributed by atoms with Crippen molar-refractivity contribution < 1.29 is 9.84 Å². The van der Waals surface area contributed by atoms with Gasteiger partial charge < -0.3 is 9.84 Å². The van der Waals surface area contributed by atoms with Gasteiger partial charge in [0.2, 0.25) is 0 Å². The normalized spacial score (nSPS) is 13.2. The predicted molar refractivity (Wildman–Crippen MR) is 75.0 cm³/mol. The van der Waals surface area contributed by atoms with Crippen LogP contribution in [0.1, 0.15) is 6.42 Å². The monoisotopic (exact) mass is 250 g/mol. The van der Waals surface area contributed by atoms with Gasteiger partial charge in [0, 0.05) is 0 Å². The zero-order chi connectivity index (χ0) is 12.9. The van der Waals surface area contributed by atoms with Crippen molar-refractivity contribution in [1.82, 2.24) is 0 Å². The predicted octanol–water partition coefficient (Wildman–Crippen LogP) is 3.25. The van der Waals surface area contributed by atoms with Crippen molar-refractivity contribution in [3.8, 4) is 5.75 Å². The fraction of sp³-hybridized carbons (Fsp3) is 0.429. The van der Waals surface area contributed by atoms with Gasteiger partial charge in [-0.3, -0.25) is 0 Å². The van der Waals surface area contributed by atoms with Crippen LogP contribution in [0.2, 0.25) is 19.6 Å². The molecule has 0 saturated carbocycles. The second-order valence-electron chi connectivity index (χ2n) is 5.34. The maximum absolute atomic E-state index is 9.88. The van der Waals surface area contributed by atoms with Crippen LogP contribution in [0, 0.1) is 0 Å². The quantitative estimate of drug-likeness (QED) is 0.785. The van der Waals surface area contributed by atoms with Crippen LogP contribution in [0.4, 0.5) is 0 Å². The number of para-hydroxylation sites is 1. The maximum atomic E-state index is 9.88. The molecule has 1 rings (SSSR count). The van der Waals surface area contributed by atoms with E-state index in [-0.39, 0.29) is 0 Å². The highest BCUT2D eigenvalue weighted by molar-refractivity contribution is 6.82. The lowest BCUT2D eigenvalue weighted by molar-refractivity contribution is 0.109. The molecule has 0 saturated heterocycles. The molecule has 17 heavy (non-hydrogen) atoms. The first-order chi connectivity index (χ1) is 7.89. The van der Waals surface area contributed by atoms with E-state index in [2.05, 4.69) is 26.2 Å². The molecule has 1 N–H and O–H groups in total. The minimum atomic E-state index is -1.34. The zero-order valence-corrected chi connectivity index (χ0v) is 11.9. The van der Waals surface area contributed by atoms with Crippen LogP contribution in [-0.2, 0) is 0 Å². The van der Waals surface area contributed by atoms with Gasteiger partial charge >= 0.3 is 0 Å². The van der Waals surface area contributed by atoms with Crippen molar-refractivity contribution >= 4 is 8.07 Å². The summed E-state index contributed by atoms with van der Waals surface area (Å²) in [6.07, 6.45) is 0.178. The van der Waals surface area contributed by atoms with E-state index >= 15 is 0 Å². The molecule has 2 nitrogen and oxygen atoms in total. The largest absolute Gasteiger partial charge is 0.491 e. The number of ether oxygens (including phenoxy) is 1. The molecule has 3 heteroatoms. The molecule has 94 valence electrons. The van der Waals surface area contributed by atoms with Gasteiger partial charge in [-0.25, -0.2) is 0 Å². The summed E-state index contributed by atoms with van der Waals surface area (Å²) >= 11 is 0. The van der Waals surface area contributed by atoms with Crippen molar-refractivity contribution in [1.29, 1.82) is 0 Å². The number of aliphatic hydroxyl groups is 1. The fourth-order valence-electron chi connectivity index (χ4n) is 1.36. The summed E-state index contributed by atoms with van der Waals surface area (Å²) < 4.78 is 5.51. The van der Waals surface area contributed by atoms with Crippen molar-refractivity contribution in [2.24, 2.45) is 0 Å².